The summed E-state index contributed by atoms with van der Waals surface area (Å²) in [6.45, 7) is 1.58. The van der Waals surface area contributed by atoms with Crippen molar-refractivity contribution in [2.45, 2.75) is 31.9 Å². The summed E-state index contributed by atoms with van der Waals surface area (Å²) in [5, 5.41) is 1.26. The van der Waals surface area contributed by atoms with Gasteiger partial charge >= 0.3 is 12.4 Å². The van der Waals surface area contributed by atoms with E-state index in [1.165, 1.54) is 16.4 Å². The van der Waals surface area contributed by atoms with Crippen LogP contribution in [0.4, 0.5) is 26.3 Å². The van der Waals surface area contributed by atoms with Crippen molar-refractivity contribution >= 4 is 11.3 Å². The second-order valence-electron chi connectivity index (χ2n) is 6.04. The van der Waals surface area contributed by atoms with Crippen LogP contribution < -0.4 is 5.73 Å². The van der Waals surface area contributed by atoms with Crippen LogP contribution in [0, 0.1) is 6.92 Å². The fraction of sp³-hybridized carbons (Fsp3) is 0.294. The molecule has 0 radical (unpaired) electrons. The van der Waals surface area contributed by atoms with Crippen LogP contribution in [-0.2, 0) is 23.7 Å². The van der Waals surface area contributed by atoms with Crippen LogP contribution in [-0.4, -0.2) is 5.06 Å². The Morgan fingerprint density at radius 3 is 2.11 bits per heavy atom. The molecular weight excluding hydrogens is 394 g/mol. The monoisotopic (exact) mass is 408 g/mol. The number of nitrogens with two attached hydrogens (primary N) is 1. The Morgan fingerprint density at radius 2 is 1.63 bits per heavy atom. The van der Waals surface area contributed by atoms with Crippen LogP contribution in [0.25, 0.3) is 0 Å². The van der Waals surface area contributed by atoms with Crippen molar-refractivity contribution in [1.29, 1.82) is 0 Å². The van der Waals surface area contributed by atoms with Gasteiger partial charge in [0.25, 0.3) is 0 Å². The number of hydrogen-bond donors (Lipinski definition) is 1. The van der Waals surface area contributed by atoms with Crippen LogP contribution in [0.1, 0.15) is 32.5 Å². The van der Waals surface area contributed by atoms with E-state index in [1.54, 1.807) is 6.08 Å². The Balaban J connectivity index is 1.94. The highest BCUT2D eigenvalue weighted by Crippen LogP contribution is 2.39. The fourth-order valence-corrected chi connectivity index (χ4v) is 3.67. The lowest BCUT2D eigenvalue weighted by Gasteiger charge is -2.23. The van der Waals surface area contributed by atoms with Gasteiger partial charge in [-0.25, -0.2) is 0 Å². The average molecular weight is 408 g/mol. The molecule has 0 amide bonds. The zero-order chi connectivity index (χ0) is 20.0. The van der Waals surface area contributed by atoms with Gasteiger partial charge in [0, 0.05) is 15.8 Å². The van der Waals surface area contributed by atoms with Gasteiger partial charge in [0.05, 0.1) is 17.7 Å². The standard InChI is InChI=1S/C17H14F6N2OS/c1-9-2-3-14(27-9)13-7-15(24)26-25(13)8-10-4-11(16(18,19)20)6-12(5-10)17(21,22)23/h2-7,13H,8,24H2,1H3. The predicted octanol–water partition coefficient (Wildman–Crippen LogP) is 5.38. The van der Waals surface area contributed by atoms with Crippen molar-refractivity contribution < 1.29 is 31.2 Å². The SMILES string of the molecule is Cc1ccc(C2C=C(N)ON2Cc2cc(C(F)(F)F)cc(C(F)(F)F)c2)s1. The number of hydrogen-bond acceptors (Lipinski definition) is 4. The molecule has 2 N–H and O–H groups in total. The molecule has 146 valence electrons. The molecule has 0 fully saturated rings. The van der Waals surface area contributed by atoms with Crippen molar-refractivity contribution in [2.24, 2.45) is 5.73 Å². The first kappa shape index (κ1) is 19.6. The molecule has 27 heavy (non-hydrogen) atoms. The molecule has 1 aliphatic heterocycles. The molecule has 1 aliphatic rings. The predicted molar refractivity (Wildman–Crippen MR) is 87.1 cm³/mol. The van der Waals surface area contributed by atoms with Crippen molar-refractivity contribution in [3.05, 3.63) is 68.7 Å². The van der Waals surface area contributed by atoms with Crippen molar-refractivity contribution in [1.82, 2.24) is 5.06 Å². The highest BCUT2D eigenvalue weighted by atomic mass is 32.1. The quantitative estimate of drug-likeness (QED) is 0.693. The summed E-state index contributed by atoms with van der Waals surface area (Å²) in [5.74, 6) is 0.0362. The molecule has 1 unspecified atom stereocenters. The highest BCUT2D eigenvalue weighted by molar-refractivity contribution is 7.12. The van der Waals surface area contributed by atoms with E-state index in [0.717, 1.165) is 9.75 Å². The number of hydroxylamine groups is 2. The lowest BCUT2D eigenvalue weighted by Crippen LogP contribution is -2.23. The van der Waals surface area contributed by atoms with Crippen LogP contribution in [0.2, 0.25) is 0 Å². The minimum absolute atomic E-state index is 0.0362. The lowest BCUT2D eigenvalue weighted by atomic mass is 10.0. The topological polar surface area (TPSA) is 38.5 Å². The molecule has 0 bridgehead atoms. The molecule has 1 atom stereocenters. The maximum Gasteiger partial charge on any atom is 0.416 e. The second-order valence-corrected chi connectivity index (χ2v) is 7.36. The maximum atomic E-state index is 13.0. The van der Waals surface area contributed by atoms with Gasteiger partial charge in [0.1, 0.15) is 6.04 Å². The molecular formula is C17H14F6N2OS. The third-order valence-electron chi connectivity index (χ3n) is 3.89. The molecule has 2 aromatic rings. The zero-order valence-electron chi connectivity index (χ0n) is 13.9. The number of rotatable bonds is 3. The summed E-state index contributed by atoms with van der Waals surface area (Å²) in [7, 11) is 0. The summed E-state index contributed by atoms with van der Waals surface area (Å²) >= 11 is 1.43. The Bertz CT molecular complexity index is 839. The van der Waals surface area contributed by atoms with E-state index >= 15 is 0 Å². The fourth-order valence-electron chi connectivity index (χ4n) is 2.72. The Hall–Kier alpha value is -2.20. The number of aryl methyl sites for hydroxylation is 1. The molecule has 0 spiro atoms. The van der Waals surface area contributed by atoms with E-state index in [1.807, 2.05) is 19.1 Å². The smallest absolute Gasteiger partial charge is 0.387 e. The van der Waals surface area contributed by atoms with Gasteiger partial charge in [0.15, 0.2) is 0 Å². The van der Waals surface area contributed by atoms with Crippen molar-refractivity contribution in [3.8, 4) is 0 Å². The van der Waals surface area contributed by atoms with Gasteiger partial charge in [-0.2, -0.15) is 26.3 Å². The second kappa shape index (κ2) is 6.75. The molecule has 3 nitrogen and oxygen atoms in total. The molecule has 2 heterocycles. The minimum Gasteiger partial charge on any atom is -0.387 e. The van der Waals surface area contributed by atoms with E-state index in [9.17, 15) is 26.3 Å². The lowest BCUT2D eigenvalue weighted by molar-refractivity contribution is -0.144. The molecule has 1 aromatic carbocycles. The van der Waals surface area contributed by atoms with E-state index < -0.39 is 29.5 Å². The molecule has 10 heteroatoms. The van der Waals surface area contributed by atoms with Crippen LogP contribution in [0.3, 0.4) is 0 Å². The van der Waals surface area contributed by atoms with Crippen LogP contribution in [0.15, 0.2) is 42.3 Å². The van der Waals surface area contributed by atoms with Crippen molar-refractivity contribution in [2.75, 3.05) is 0 Å². The van der Waals surface area contributed by atoms with Crippen molar-refractivity contribution in [3.63, 3.8) is 0 Å². The summed E-state index contributed by atoms with van der Waals surface area (Å²) in [4.78, 5) is 7.13. The zero-order valence-corrected chi connectivity index (χ0v) is 14.7. The van der Waals surface area contributed by atoms with Crippen LogP contribution in [0.5, 0.6) is 0 Å². The number of halogens is 6. The van der Waals surface area contributed by atoms with Gasteiger partial charge in [-0.15, -0.1) is 16.4 Å². The largest absolute Gasteiger partial charge is 0.416 e. The van der Waals surface area contributed by atoms with E-state index in [4.69, 9.17) is 10.6 Å². The third-order valence-corrected chi connectivity index (χ3v) is 4.96. The first-order valence-electron chi connectivity index (χ1n) is 7.70. The summed E-state index contributed by atoms with van der Waals surface area (Å²) in [6.07, 6.45) is -8.24. The number of alkyl halides is 6. The maximum absolute atomic E-state index is 13.0. The molecule has 0 aliphatic carbocycles. The number of thiophene rings is 1. The summed E-state index contributed by atoms with van der Waals surface area (Å²) < 4.78 is 78.1. The molecule has 3 rings (SSSR count). The van der Waals surface area contributed by atoms with Gasteiger partial charge in [-0.05, 0) is 42.8 Å². The molecule has 0 saturated heterocycles. The Labute approximate surface area is 154 Å². The van der Waals surface area contributed by atoms with Gasteiger partial charge in [-0.1, -0.05) is 0 Å². The molecule has 1 aromatic heterocycles. The van der Waals surface area contributed by atoms with Gasteiger partial charge in [0.2, 0.25) is 5.88 Å². The minimum atomic E-state index is -4.90. The third kappa shape index (κ3) is 4.38. The van der Waals surface area contributed by atoms with E-state index in [-0.39, 0.29) is 24.1 Å². The van der Waals surface area contributed by atoms with Gasteiger partial charge < -0.3 is 10.6 Å². The van der Waals surface area contributed by atoms with Crippen LogP contribution >= 0.6 is 11.3 Å². The number of benzene rings is 1. The first-order valence-corrected chi connectivity index (χ1v) is 8.52. The Kier molecular flexibility index (Phi) is 4.89. The number of nitrogens with zero attached hydrogens (tertiary/aromatic N) is 1. The summed E-state index contributed by atoms with van der Waals surface area (Å²) in [5.41, 5.74) is 2.74. The molecule has 0 saturated carbocycles. The van der Waals surface area contributed by atoms with Gasteiger partial charge in [-0.3, -0.25) is 0 Å². The van der Waals surface area contributed by atoms with E-state index in [0.29, 0.717) is 12.1 Å². The normalized spacial score (nSPS) is 18.5. The average Bonchev–Trinajstić information content (AvgIpc) is 3.11. The highest BCUT2D eigenvalue weighted by Gasteiger charge is 2.37. The van der Waals surface area contributed by atoms with E-state index in [2.05, 4.69) is 0 Å². The Morgan fingerprint density at radius 1 is 1.04 bits per heavy atom. The summed E-state index contributed by atoms with van der Waals surface area (Å²) in [6, 6.07) is 4.64. The first-order chi connectivity index (χ1) is 12.4.